The van der Waals surface area contributed by atoms with E-state index in [1.54, 1.807) is 0 Å². The van der Waals surface area contributed by atoms with Crippen LogP contribution in [0.3, 0.4) is 0 Å². The third-order valence-electron chi connectivity index (χ3n) is 11.1. The highest BCUT2D eigenvalue weighted by molar-refractivity contribution is 6.26. The molecule has 0 saturated heterocycles. The van der Waals surface area contributed by atoms with Crippen LogP contribution < -0.4 is 0 Å². The minimum Gasteiger partial charge on any atom is -0.456 e. The van der Waals surface area contributed by atoms with Crippen LogP contribution in [0.25, 0.3) is 121 Å². The standard InChI is InChI=1S/C51H29N3O2/c1-2-12-30(13-3-1)49-52-50(31-24-26-37-35-16-5-4-14-33(35)34-15-6-7-17-36(34)41(37)28-31)54-51(53-49)32-25-27-44-42(29-32)48-39(20-11-23-46(48)56-44)38-19-10-22-45-47(38)40-18-8-9-21-43(40)55-45/h1-29H. The molecule has 0 atom stereocenters. The van der Waals surface area contributed by atoms with Gasteiger partial charge < -0.3 is 8.83 Å². The van der Waals surface area contributed by atoms with E-state index in [0.29, 0.717) is 17.5 Å². The summed E-state index contributed by atoms with van der Waals surface area (Å²) in [4.78, 5) is 15.4. The summed E-state index contributed by atoms with van der Waals surface area (Å²) in [5.41, 5.74) is 8.24. The minimum absolute atomic E-state index is 0.592. The highest BCUT2D eigenvalue weighted by Gasteiger charge is 2.20. The molecule has 0 aliphatic carbocycles. The predicted octanol–water partition coefficient (Wildman–Crippen LogP) is 13.8. The largest absolute Gasteiger partial charge is 0.456 e. The van der Waals surface area contributed by atoms with E-state index in [9.17, 15) is 0 Å². The summed E-state index contributed by atoms with van der Waals surface area (Å²) in [6.07, 6.45) is 0. The Morgan fingerprint density at radius 1 is 0.268 bits per heavy atom. The summed E-state index contributed by atoms with van der Waals surface area (Å²) in [7, 11) is 0. The highest BCUT2D eigenvalue weighted by Crippen LogP contribution is 2.43. The molecule has 0 spiro atoms. The van der Waals surface area contributed by atoms with Crippen LogP contribution in [0.2, 0.25) is 0 Å². The molecule has 56 heavy (non-hydrogen) atoms. The van der Waals surface area contributed by atoms with E-state index in [1.807, 2.05) is 66.7 Å². The van der Waals surface area contributed by atoms with Crippen molar-refractivity contribution in [1.82, 2.24) is 15.0 Å². The summed E-state index contributed by atoms with van der Waals surface area (Å²) in [6, 6.07) is 60.9. The van der Waals surface area contributed by atoms with E-state index in [-0.39, 0.29) is 0 Å². The molecule has 0 radical (unpaired) electrons. The second-order valence-corrected chi connectivity index (χ2v) is 14.3. The van der Waals surface area contributed by atoms with Crippen LogP contribution in [0.5, 0.6) is 0 Å². The lowest BCUT2D eigenvalue weighted by molar-refractivity contribution is 0.668. The maximum absolute atomic E-state index is 6.50. The first-order valence-electron chi connectivity index (χ1n) is 18.8. The van der Waals surface area contributed by atoms with Crippen molar-refractivity contribution in [2.45, 2.75) is 0 Å². The quantitative estimate of drug-likeness (QED) is 0.170. The maximum Gasteiger partial charge on any atom is 0.164 e. The molecule has 260 valence electrons. The van der Waals surface area contributed by atoms with Gasteiger partial charge in [-0.2, -0.15) is 0 Å². The van der Waals surface area contributed by atoms with Gasteiger partial charge in [0, 0.05) is 38.2 Å². The van der Waals surface area contributed by atoms with Gasteiger partial charge in [0.1, 0.15) is 22.3 Å². The lowest BCUT2D eigenvalue weighted by Gasteiger charge is -2.12. The fourth-order valence-corrected chi connectivity index (χ4v) is 8.59. The molecule has 5 heteroatoms. The molecule has 0 unspecified atom stereocenters. The van der Waals surface area contributed by atoms with Gasteiger partial charge in [-0.15, -0.1) is 0 Å². The van der Waals surface area contributed by atoms with Crippen molar-refractivity contribution in [2.75, 3.05) is 0 Å². The van der Waals surface area contributed by atoms with E-state index < -0.39 is 0 Å². The van der Waals surface area contributed by atoms with Crippen LogP contribution in [0, 0.1) is 0 Å². The first-order valence-corrected chi connectivity index (χ1v) is 18.8. The van der Waals surface area contributed by atoms with Crippen LogP contribution in [-0.4, -0.2) is 15.0 Å². The lowest BCUT2D eigenvalue weighted by Crippen LogP contribution is -2.00. The van der Waals surface area contributed by atoms with Crippen LogP contribution in [0.4, 0.5) is 0 Å². The minimum atomic E-state index is 0.592. The monoisotopic (exact) mass is 715 g/mol. The molecular weight excluding hydrogens is 687 g/mol. The second kappa shape index (κ2) is 11.9. The molecule has 0 amide bonds. The molecule has 3 heterocycles. The summed E-state index contributed by atoms with van der Waals surface area (Å²) in [5, 5.41) is 11.5. The van der Waals surface area contributed by atoms with Crippen molar-refractivity contribution in [3.63, 3.8) is 0 Å². The van der Waals surface area contributed by atoms with Crippen molar-refractivity contribution in [1.29, 1.82) is 0 Å². The summed E-state index contributed by atoms with van der Waals surface area (Å²) < 4.78 is 12.8. The zero-order valence-corrected chi connectivity index (χ0v) is 29.9. The number of para-hydroxylation sites is 1. The van der Waals surface area contributed by atoms with Crippen LogP contribution in [0.15, 0.2) is 185 Å². The van der Waals surface area contributed by atoms with E-state index in [2.05, 4.69) is 109 Å². The Kier molecular flexibility index (Phi) is 6.56. The first kappa shape index (κ1) is 30.8. The van der Waals surface area contributed by atoms with Gasteiger partial charge in [-0.25, -0.2) is 15.0 Å². The smallest absolute Gasteiger partial charge is 0.164 e. The average molecular weight is 716 g/mol. The molecule has 0 fully saturated rings. The van der Waals surface area contributed by atoms with Crippen molar-refractivity contribution in [3.8, 4) is 45.3 Å². The number of rotatable bonds is 4. The first-order chi connectivity index (χ1) is 27.7. The number of nitrogens with zero attached hydrogens (tertiary/aromatic N) is 3. The van der Waals surface area contributed by atoms with Crippen molar-refractivity contribution < 1.29 is 8.83 Å². The fourth-order valence-electron chi connectivity index (χ4n) is 8.59. The van der Waals surface area contributed by atoms with Gasteiger partial charge >= 0.3 is 0 Å². The topological polar surface area (TPSA) is 65.0 Å². The Labute approximate surface area is 320 Å². The Balaban J connectivity index is 1.08. The zero-order valence-electron chi connectivity index (χ0n) is 29.9. The number of furan rings is 2. The highest BCUT2D eigenvalue weighted by atomic mass is 16.3. The molecular formula is C51H29N3O2. The van der Waals surface area contributed by atoms with E-state index >= 15 is 0 Å². The van der Waals surface area contributed by atoms with Gasteiger partial charge in [0.05, 0.1) is 0 Å². The SMILES string of the molecule is c1ccc(-c2nc(-c3ccc4c5ccccc5c5ccccc5c4c3)nc(-c3ccc4oc5cccc(-c6cccc7oc8ccccc8c67)c5c4c3)n2)cc1. The zero-order chi connectivity index (χ0) is 36.7. The van der Waals surface area contributed by atoms with Gasteiger partial charge in [-0.1, -0.05) is 133 Å². The molecule has 0 saturated carbocycles. The molecule has 0 bridgehead atoms. The van der Waals surface area contributed by atoms with Crippen molar-refractivity contribution in [3.05, 3.63) is 176 Å². The normalized spacial score (nSPS) is 11.9. The number of hydrogen-bond acceptors (Lipinski definition) is 5. The summed E-state index contributed by atoms with van der Waals surface area (Å²) >= 11 is 0. The van der Waals surface area contributed by atoms with Gasteiger partial charge in [0.2, 0.25) is 0 Å². The Bertz CT molecular complexity index is 3510. The van der Waals surface area contributed by atoms with Crippen molar-refractivity contribution >= 4 is 76.2 Å². The number of hydrogen-bond donors (Lipinski definition) is 0. The third kappa shape index (κ3) is 4.64. The summed E-state index contributed by atoms with van der Waals surface area (Å²) in [6.45, 7) is 0. The molecule has 12 rings (SSSR count). The number of aromatic nitrogens is 3. The second-order valence-electron chi connectivity index (χ2n) is 14.3. The average Bonchev–Trinajstić information content (AvgIpc) is 3.85. The molecule has 5 nitrogen and oxygen atoms in total. The van der Waals surface area contributed by atoms with Crippen molar-refractivity contribution in [2.24, 2.45) is 0 Å². The van der Waals surface area contributed by atoms with Gasteiger partial charge in [-0.05, 0) is 85.9 Å². The molecule has 0 aliphatic heterocycles. The van der Waals surface area contributed by atoms with Crippen LogP contribution in [0.1, 0.15) is 0 Å². The molecule has 0 N–H and O–H groups in total. The molecule has 12 aromatic rings. The predicted molar refractivity (Wildman–Crippen MR) is 229 cm³/mol. The fraction of sp³-hybridized carbons (Fsp3) is 0. The Morgan fingerprint density at radius 2 is 0.696 bits per heavy atom. The van der Waals surface area contributed by atoms with Gasteiger partial charge in [0.25, 0.3) is 0 Å². The molecule has 0 aliphatic rings. The van der Waals surface area contributed by atoms with E-state index in [1.165, 1.54) is 32.3 Å². The van der Waals surface area contributed by atoms with Crippen LogP contribution >= 0.6 is 0 Å². The molecule has 3 aromatic heterocycles. The number of fused-ring (bicyclic) bond motifs is 12. The Hall–Kier alpha value is -7.63. The van der Waals surface area contributed by atoms with Crippen LogP contribution in [-0.2, 0) is 0 Å². The maximum atomic E-state index is 6.50. The molecule has 9 aromatic carbocycles. The summed E-state index contributed by atoms with van der Waals surface area (Å²) in [5.74, 6) is 1.82. The van der Waals surface area contributed by atoms with Gasteiger partial charge in [0.15, 0.2) is 17.5 Å². The van der Waals surface area contributed by atoms with Gasteiger partial charge in [-0.3, -0.25) is 0 Å². The van der Waals surface area contributed by atoms with E-state index in [0.717, 1.165) is 71.7 Å². The van der Waals surface area contributed by atoms with E-state index in [4.69, 9.17) is 23.8 Å². The lowest BCUT2D eigenvalue weighted by atomic mass is 9.93. The third-order valence-corrected chi connectivity index (χ3v) is 11.1. The Morgan fingerprint density at radius 3 is 1.32 bits per heavy atom. The number of benzene rings is 9.